The van der Waals surface area contributed by atoms with Gasteiger partial charge in [0.2, 0.25) is 0 Å². The van der Waals surface area contributed by atoms with Gasteiger partial charge in [0.25, 0.3) is 5.91 Å². The third kappa shape index (κ3) is 4.59. The van der Waals surface area contributed by atoms with Crippen molar-refractivity contribution in [1.82, 2.24) is 19.9 Å². The van der Waals surface area contributed by atoms with E-state index in [9.17, 15) is 9.18 Å². The maximum Gasteiger partial charge on any atom is 0.260 e. The van der Waals surface area contributed by atoms with Crippen LogP contribution in [0.15, 0.2) is 73.1 Å². The van der Waals surface area contributed by atoms with E-state index in [1.165, 1.54) is 24.3 Å². The normalized spacial score (nSPS) is 13.8. The smallest absolute Gasteiger partial charge is 0.260 e. The van der Waals surface area contributed by atoms with Crippen LogP contribution >= 0.6 is 0 Å². The Kier molecular flexibility index (Phi) is 5.80. The molecular weight excluding hydrogens is 421 g/mol. The number of carbonyl (C=O) groups is 1. The van der Waals surface area contributed by atoms with Crippen molar-refractivity contribution in [3.05, 3.63) is 78.9 Å². The van der Waals surface area contributed by atoms with Gasteiger partial charge >= 0.3 is 0 Å². The second-order valence-corrected chi connectivity index (χ2v) is 7.74. The molecule has 0 spiro atoms. The third-order valence-electron chi connectivity index (χ3n) is 5.61. The zero-order valence-electron chi connectivity index (χ0n) is 17.9. The molecule has 1 aliphatic rings. The molecule has 0 radical (unpaired) electrons. The highest BCUT2D eigenvalue weighted by Gasteiger charge is 2.24. The minimum Gasteiger partial charge on any atom is -0.484 e. The molecular formula is C25H22FN5O2. The van der Waals surface area contributed by atoms with Crippen LogP contribution in [-0.2, 0) is 4.79 Å². The number of pyridine rings is 1. The summed E-state index contributed by atoms with van der Waals surface area (Å²) < 4.78 is 18.5. The Morgan fingerprint density at radius 2 is 1.73 bits per heavy atom. The zero-order chi connectivity index (χ0) is 22.6. The Bertz CT molecular complexity index is 1260. The van der Waals surface area contributed by atoms with E-state index >= 15 is 0 Å². The SMILES string of the molecule is O=C(COc1ccc(F)cc1)N1CCN(c2nc(-c3cccnc3)nc3ccccc23)CC1. The van der Waals surface area contributed by atoms with Gasteiger partial charge in [-0.05, 0) is 48.5 Å². The second-order valence-electron chi connectivity index (χ2n) is 7.74. The number of aromatic nitrogens is 3. The molecule has 0 saturated carbocycles. The van der Waals surface area contributed by atoms with Crippen molar-refractivity contribution < 1.29 is 13.9 Å². The number of fused-ring (bicyclic) bond motifs is 1. The first-order valence-corrected chi connectivity index (χ1v) is 10.8. The molecule has 1 aliphatic heterocycles. The fourth-order valence-corrected chi connectivity index (χ4v) is 3.86. The molecule has 8 heteroatoms. The number of para-hydroxylation sites is 1. The maximum absolute atomic E-state index is 13.0. The molecule has 166 valence electrons. The molecule has 1 saturated heterocycles. The van der Waals surface area contributed by atoms with Gasteiger partial charge < -0.3 is 14.5 Å². The predicted octanol–water partition coefficient (Wildman–Crippen LogP) is 3.56. The molecule has 1 amide bonds. The molecule has 1 fully saturated rings. The van der Waals surface area contributed by atoms with Crippen molar-refractivity contribution in [1.29, 1.82) is 0 Å². The highest BCUT2D eigenvalue weighted by molar-refractivity contribution is 5.91. The molecule has 0 N–H and O–H groups in total. The molecule has 0 unspecified atom stereocenters. The number of hydrogen-bond donors (Lipinski definition) is 0. The number of hydrogen-bond acceptors (Lipinski definition) is 6. The van der Waals surface area contributed by atoms with Crippen LogP contribution in [0.3, 0.4) is 0 Å². The minimum atomic E-state index is -0.339. The van der Waals surface area contributed by atoms with Crippen molar-refractivity contribution in [3.63, 3.8) is 0 Å². The minimum absolute atomic E-state index is 0.0762. The largest absolute Gasteiger partial charge is 0.484 e. The molecule has 0 atom stereocenters. The highest BCUT2D eigenvalue weighted by atomic mass is 19.1. The lowest BCUT2D eigenvalue weighted by Crippen LogP contribution is -2.50. The monoisotopic (exact) mass is 443 g/mol. The van der Waals surface area contributed by atoms with Crippen LogP contribution in [0.25, 0.3) is 22.3 Å². The summed E-state index contributed by atoms with van der Waals surface area (Å²) in [5.74, 6) is 1.52. The summed E-state index contributed by atoms with van der Waals surface area (Å²) in [6.45, 7) is 2.34. The fourth-order valence-electron chi connectivity index (χ4n) is 3.86. The lowest BCUT2D eigenvalue weighted by atomic mass is 10.2. The van der Waals surface area contributed by atoms with Gasteiger partial charge in [0.1, 0.15) is 17.4 Å². The van der Waals surface area contributed by atoms with Gasteiger partial charge in [-0.15, -0.1) is 0 Å². The summed E-state index contributed by atoms with van der Waals surface area (Å²) in [6.07, 6.45) is 3.48. The number of rotatable bonds is 5. The van der Waals surface area contributed by atoms with Gasteiger partial charge in [0, 0.05) is 49.5 Å². The Hall–Kier alpha value is -4.07. The van der Waals surface area contributed by atoms with Crippen LogP contribution in [0.2, 0.25) is 0 Å². The molecule has 5 rings (SSSR count). The Morgan fingerprint density at radius 1 is 0.939 bits per heavy atom. The van der Waals surface area contributed by atoms with Crippen molar-refractivity contribution in [2.24, 2.45) is 0 Å². The van der Waals surface area contributed by atoms with Crippen LogP contribution in [0.4, 0.5) is 10.2 Å². The summed E-state index contributed by atoms with van der Waals surface area (Å²) in [6, 6.07) is 17.4. The molecule has 7 nitrogen and oxygen atoms in total. The standard InChI is InChI=1S/C25H22FN5O2/c26-19-7-9-20(10-8-19)33-17-23(32)30-12-14-31(15-13-30)25-21-5-1-2-6-22(21)28-24(29-25)18-4-3-11-27-16-18/h1-11,16H,12-15,17H2. The Morgan fingerprint density at radius 3 is 2.48 bits per heavy atom. The number of nitrogens with zero attached hydrogens (tertiary/aromatic N) is 5. The molecule has 33 heavy (non-hydrogen) atoms. The van der Waals surface area contributed by atoms with Crippen molar-refractivity contribution in [3.8, 4) is 17.1 Å². The van der Waals surface area contributed by atoms with E-state index in [2.05, 4.69) is 9.88 Å². The van der Waals surface area contributed by atoms with E-state index in [4.69, 9.17) is 14.7 Å². The molecule has 2 aromatic heterocycles. The zero-order valence-corrected chi connectivity index (χ0v) is 17.9. The number of piperazine rings is 1. The Labute approximate surface area is 190 Å². The van der Waals surface area contributed by atoms with E-state index in [1.54, 1.807) is 17.3 Å². The number of benzene rings is 2. The summed E-state index contributed by atoms with van der Waals surface area (Å²) >= 11 is 0. The number of halogens is 1. The maximum atomic E-state index is 13.0. The average Bonchev–Trinajstić information content (AvgIpc) is 2.88. The van der Waals surface area contributed by atoms with Gasteiger partial charge in [-0.1, -0.05) is 12.1 Å². The van der Waals surface area contributed by atoms with Gasteiger partial charge in [-0.25, -0.2) is 14.4 Å². The predicted molar refractivity (Wildman–Crippen MR) is 123 cm³/mol. The number of carbonyl (C=O) groups excluding carboxylic acids is 1. The molecule has 0 bridgehead atoms. The first kappa shape index (κ1) is 20.8. The van der Waals surface area contributed by atoms with Crippen molar-refractivity contribution in [2.45, 2.75) is 0 Å². The van der Waals surface area contributed by atoms with Crippen molar-refractivity contribution in [2.75, 3.05) is 37.7 Å². The lowest BCUT2D eigenvalue weighted by Gasteiger charge is -2.36. The number of amides is 1. The van der Waals surface area contributed by atoms with E-state index in [1.807, 2.05) is 36.4 Å². The van der Waals surface area contributed by atoms with E-state index in [0.717, 1.165) is 22.3 Å². The first-order chi connectivity index (χ1) is 16.2. The second kappa shape index (κ2) is 9.20. The first-order valence-electron chi connectivity index (χ1n) is 10.8. The van der Waals surface area contributed by atoms with E-state index in [0.29, 0.717) is 37.8 Å². The van der Waals surface area contributed by atoms with E-state index < -0.39 is 0 Å². The molecule has 3 heterocycles. The van der Waals surface area contributed by atoms with Crippen LogP contribution < -0.4 is 9.64 Å². The average molecular weight is 443 g/mol. The summed E-state index contributed by atoms with van der Waals surface area (Å²) in [4.78, 5) is 30.4. The van der Waals surface area contributed by atoms with Gasteiger partial charge in [-0.3, -0.25) is 9.78 Å². The summed E-state index contributed by atoms with van der Waals surface area (Å²) in [7, 11) is 0. The lowest BCUT2D eigenvalue weighted by molar-refractivity contribution is -0.133. The van der Waals surface area contributed by atoms with Crippen LogP contribution in [-0.4, -0.2) is 58.5 Å². The van der Waals surface area contributed by atoms with Gasteiger partial charge in [0.15, 0.2) is 12.4 Å². The quantitative estimate of drug-likeness (QED) is 0.470. The van der Waals surface area contributed by atoms with Crippen LogP contribution in [0, 0.1) is 5.82 Å². The molecule has 0 aliphatic carbocycles. The Balaban J connectivity index is 1.30. The van der Waals surface area contributed by atoms with Gasteiger partial charge in [0.05, 0.1) is 5.52 Å². The van der Waals surface area contributed by atoms with Crippen LogP contribution in [0.1, 0.15) is 0 Å². The van der Waals surface area contributed by atoms with Gasteiger partial charge in [-0.2, -0.15) is 0 Å². The van der Waals surface area contributed by atoms with E-state index in [-0.39, 0.29) is 18.3 Å². The van der Waals surface area contributed by atoms with Crippen LogP contribution in [0.5, 0.6) is 5.75 Å². The summed E-state index contributed by atoms with van der Waals surface area (Å²) in [5.41, 5.74) is 1.73. The summed E-state index contributed by atoms with van der Waals surface area (Å²) in [5, 5.41) is 0.976. The molecule has 4 aromatic rings. The highest BCUT2D eigenvalue weighted by Crippen LogP contribution is 2.28. The number of anilines is 1. The third-order valence-corrected chi connectivity index (χ3v) is 5.61. The molecule has 2 aromatic carbocycles. The van der Waals surface area contributed by atoms with Crippen molar-refractivity contribution >= 4 is 22.6 Å². The fraction of sp³-hybridized carbons (Fsp3) is 0.200. The number of ether oxygens (including phenoxy) is 1. The topological polar surface area (TPSA) is 71.5 Å².